The summed E-state index contributed by atoms with van der Waals surface area (Å²) in [5.41, 5.74) is 5.54. The van der Waals surface area contributed by atoms with Gasteiger partial charge in [0.2, 0.25) is 0 Å². The van der Waals surface area contributed by atoms with Crippen LogP contribution in [0.25, 0.3) is 10.9 Å². The molecule has 2 heteroatoms. The summed E-state index contributed by atoms with van der Waals surface area (Å²) in [4.78, 5) is 0. The highest BCUT2D eigenvalue weighted by Crippen LogP contribution is 2.26. The van der Waals surface area contributed by atoms with Crippen molar-refractivity contribution in [2.75, 3.05) is 6.54 Å². The summed E-state index contributed by atoms with van der Waals surface area (Å²) in [5, 5.41) is 4.78. The van der Waals surface area contributed by atoms with E-state index in [2.05, 4.69) is 55.8 Å². The van der Waals surface area contributed by atoms with E-state index in [0.29, 0.717) is 0 Å². The Morgan fingerprint density at radius 1 is 1.18 bits per heavy atom. The van der Waals surface area contributed by atoms with Crippen molar-refractivity contribution in [2.45, 2.75) is 40.8 Å². The van der Waals surface area contributed by atoms with Crippen LogP contribution >= 0.6 is 0 Å². The van der Waals surface area contributed by atoms with Crippen molar-refractivity contribution in [2.24, 2.45) is 0 Å². The lowest BCUT2D eigenvalue weighted by molar-refractivity contribution is 0.727. The number of rotatable bonds is 4. The normalized spacial score (nSPS) is 11.3. The number of hydrogen-bond donors (Lipinski definition) is 1. The highest BCUT2D eigenvalue weighted by Gasteiger charge is 2.09. The van der Waals surface area contributed by atoms with Gasteiger partial charge in [0.25, 0.3) is 0 Å². The zero-order chi connectivity index (χ0) is 12.4. The van der Waals surface area contributed by atoms with Crippen molar-refractivity contribution in [1.82, 2.24) is 9.88 Å². The third kappa shape index (κ3) is 2.09. The van der Waals surface area contributed by atoms with Crippen molar-refractivity contribution < 1.29 is 0 Å². The third-order valence-electron chi connectivity index (χ3n) is 3.60. The molecular weight excluding hydrogens is 208 g/mol. The van der Waals surface area contributed by atoms with Crippen LogP contribution in [0.15, 0.2) is 18.2 Å². The van der Waals surface area contributed by atoms with Crippen LogP contribution in [-0.4, -0.2) is 11.1 Å². The fourth-order valence-electron chi connectivity index (χ4n) is 2.48. The molecule has 0 amide bonds. The van der Waals surface area contributed by atoms with Gasteiger partial charge in [-0.15, -0.1) is 0 Å². The number of fused-ring (bicyclic) bond motifs is 1. The van der Waals surface area contributed by atoms with Crippen molar-refractivity contribution in [1.29, 1.82) is 0 Å². The minimum absolute atomic E-state index is 0.961. The average Bonchev–Trinajstić information content (AvgIpc) is 2.59. The van der Waals surface area contributed by atoms with Crippen LogP contribution in [0.3, 0.4) is 0 Å². The lowest BCUT2D eigenvalue weighted by Gasteiger charge is -2.05. The molecule has 0 spiro atoms. The van der Waals surface area contributed by atoms with E-state index in [0.717, 1.165) is 19.6 Å². The van der Waals surface area contributed by atoms with E-state index in [1.54, 1.807) is 0 Å². The zero-order valence-electron chi connectivity index (χ0n) is 11.3. The van der Waals surface area contributed by atoms with Crippen molar-refractivity contribution in [3.63, 3.8) is 0 Å². The molecule has 2 aromatic rings. The standard InChI is InChI=1S/C15H22N2/c1-5-16-10-13-7-8-15-14(9-13)11(3)12(4)17(15)6-2/h7-9,16H,5-6,10H2,1-4H3. The summed E-state index contributed by atoms with van der Waals surface area (Å²) in [6, 6.07) is 6.81. The number of benzene rings is 1. The fraction of sp³-hybridized carbons (Fsp3) is 0.467. The lowest BCUT2D eigenvalue weighted by atomic mass is 10.1. The largest absolute Gasteiger partial charge is 0.345 e. The maximum atomic E-state index is 3.38. The van der Waals surface area contributed by atoms with Gasteiger partial charge in [-0.1, -0.05) is 13.0 Å². The molecule has 0 aliphatic heterocycles. The minimum atomic E-state index is 0.961. The average molecular weight is 230 g/mol. The van der Waals surface area contributed by atoms with Crippen molar-refractivity contribution in [3.8, 4) is 0 Å². The van der Waals surface area contributed by atoms with Gasteiger partial charge in [-0.3, -0.25) is 0 Å². The lowest BCUT2D eigenvalue weighted by Crippen LogP contribution is -2.11. The van der Waals surface area contributed by atoms with E-state index in [1.807, 2.05) is 0 Å². The Hall–Kier alpha value is -1.28. The summed E-state index contributed by atoms with van der Waals surface area (Å²) in [7, 11) is 0. The number of nitrogens with one attached hydrogen (secondary N) is 1. The van der Waals surface area contributed by atoms with Gasteiger partial charge in [-0.05, 0) is 50.6 Å². The minimum Gasteiger partial charge on any atom is -0.345 e. The summed E-state index contributed by atoms with van der Waals surface area (Å²) in [6.45, 7) is 11.8. The van der Waals surface area contributed by atoms with E-state index in [4.69, 9.17) is 0 Å². The van der Waals surface area contributed by atoms with Crippen molar-refractivity contribution in [3.05, 3.63) is 35.0 Å². The summed E-state index contributed by atoms with van der Waals surface area (Å²) in [6.07, 6.45) is 0. The van der Waals surface area contributed by atoms with Gasteiger partial charge >= 0.3 is 0 Å². The highest BCUT2D eigenvalue weighted by atomic mass is 15.0. The van der Waals surface area contributed by atoms with Gasteiger partial charge in [0.1, 0.15) is 0 Å². The maximum absolute atomic E-state index is 3.38. The molecule has 2 nitrogen and oxygen atoms in total. The highest BCUT2D eigenvalue weighted by molar-refractivity contribution is 5.86. The molecule has 2 rings (SSSR count). The molecule has 17 heavy (non-hydrogen) atoms. The molecule has 0 aliphatic carbocycles. The van der Waals surface area contributed by atoms with E-state index in [-0.39, 0.29) is 0 Å². The molecule has 0 atom stereocenters. The van der Waals surface area contributed by atoms with Gasteiger partial charge in [0.05, 0.1) is 0 Å². The van der Waals surface area contributed by atoms with Gasteiger partial charge in [-0.25, -0.2) is 0 Å². The summed E-state index contributed by atoms with van der Waals surface area (Å²) in [5.74, 6) is 0. The first-order valence-electron chi connectivity index (χ1n) is 6.48. The van der Waals surface area contributed by atoms with Crippen LogP contribution in [0.5, 0.6) is 0 Å². The molecule has 1 heterocycles. The Morgan fingerprint density at radius 2 is 1.94 bits per heavy atom. The molecule has 0 saturated carbocycles. The first kappa shape index (κ1) is 12.2. The van der Waals surface area contributed by atoms with E-state index >= 15 is 0 Å². The smallest absolute Gasteiger partial charge is 0.0485 e. The fourth-order valence-corrected chi connectivity index (χ4v) is 2.48. The van der Waals surface area contributed by atoms with Crippen LogP contribution in [-0.2, 0) is 13.1 Å². The van der Waals surface area contributed by atoms with Crippen LogP contribution in [0.2, 0.25) is 0 Å². The predicted molar refractivity (Wildman–Crippen MR) is 74.5 cm³/mol. The SMILES string of the molecule is CCNCc1ccc2c(c1)c(C)c(C)n2CC. The van der Waals surface area contributed by atoms with E-state index in [1.165, 1.54) is 27.7 Å². The Labute approximate surface area is 104 Å². The number of hydrogen-bond acceptors (Lipinski definition) is 1. The molecule has 1 aromatic carbocycles. The Morgan fingerprint density at radius 3 is 2.59 bits per heavy atom. The quantitative estimate of drug-likeness (QED) is 0.852. The van der Waals surface area contributed by atoms with Crippen molar-refractivity contribution >= 4 is 10.9 Å². The Bertz CT molecular complexity index is 523. The van der Waals surface area contributed by atoms with Crippen LogP contribution in [0.1, 0.15) is 30.7 Å². The van der Waals surface area contributed by atoms with Gasteiger partial charge in [0, 0.05) is 29.7 Å². The second-order valence-corrected chi connectivity index (χ2v) is 4.59. The maximum Gasteiger partial charge on any atom is 0.0485 e. The second-order valence-electron chi connectivity index (χ2n) is 4.59. The van der Waals surface area contributed by atoms with Gasteiger partial charge in [0.15, 0.2) is 0 Å². The molecule has 0 fully saturated rings. The summed E-state index contributed by atoms with van der Waals surface area (Å²) >= 11 is 0. The Kier molecular flexibility index (Phi) is 3.53. The molecule has 0 unspecified atom stereocenters. The molecule has 1 N–H and O–H groups in total. The number of aromatic nitrogens is 1. The van der Waals surface area contributed by atoms with E-state index < -0.39 is 0 Å². The molecule has 0 aliphatic rings. The number of nitrogens with zero attached hydrogens (tertiary/aromatic N) is 1. The zero-order valence-corrected chi connectivity index (χ0v) is 11.3. The molecule has 0 radical (unpaired) electrons. The van der Waals surface area contributed by atoms with Crippen LogP contribution in [0, 0.1) is 13.8 Å². The summed E-state index contributed by atoms with van der Waals surface area (Å²) < 4.78 is 2.39. The van der Waals surface area contributed by atoms with E-state index in [9.17, 15) is 0 Å². The number of aryl methyl sites for hydroxylation is 2. The first-order chi connectivity index (χ1) is 8.19. The molecule has 92 valence electrons. The third-order valence-corrected chi connectivity index (χ3v) is 3.60. The molecule has 0 bridgehead atoms. The first-order valence-corrected chi connectivity index (χ1v) is 6.48. The van der Waals surface area contributed by atoms with Crippen LogP contribution in [0.4, 0.5) is 0 Å². The molecule has 1 aromatic heterocycles. The Balaban J connectivity index is 2.50. The molecule has 0 saturated heterocycles. The predicted octanol–water partition coefficient (Wildman–Crippen LogP) is 3.39. The monoisotopic (exact) mass is 230 g/mol. The van der Waals surface area contributed by atoms with Gasteiger partial charge < -0.3 is 9.88 Å². The topological polar surface area (TPSA) is 17.0 Å². The van der Waals surface area contributed by atoms with Crippen LogP contribution < -0.4 is 5.32 Å². The molecular formula is C15H22N2. The second kappa shape index (κ2) is 4.92. The van der Waals surface area contributed by atoms with Gasteiger partial charge in [-0.2, -0.15) is 0 Å².